The minimum atomic E-state index is 0.517. The van der Waals surface area contributed by atoms with Crippen molar-refractivity contribution in [1.82, 2.24) is 0 Å². The molecule has 0 aliphatic rings. The van der Waals surface area contributed by atoms with E-state index in [1.54, 1.807) is 12.3 Å². The van der Waals surface area contributed by atoms with Gasteiger partial charge >= 0.3 is 0 Å². The first kappa shape index (κ1) is 9.89. The third kappa shape index (κ3) is 8.89. The fourth-order valence-electron chi connectivity index (χ4n) is 0.464. The molecule has 0 heterocycles. The van der Waals surface area contributed by atoms with Crippen LogP contribution in [0.25, 0.3) is 0 Å². The Labute approximate surface area is 68.9 Å². The fraction of sp³-hybridized carbons (Fsp3) is 0.300. The van der Waals surface area contributed by atoms with E-state index in [0.29, 0.717) is 5.92 Å². The van der Waals surface area contributed by atoms with Crippen LogP contribution < -0.4 is 0 Å². The van der Waals surface area contributed by atoms with E-state index in [9.17, 15) is 0 Å². The Morgan fingerprint density at radius 1 is 1.18 bits per heavy atom. The largest absolute Gasteiger partial charge is 0.269 e. The fourth-order valence-corrected chi connectivity index (χ4v) is 0.464. The predicted octanol–water partition coefficient (Wildman–Crippen LogP) is 2.97. The molecule has 0 aliphatic carbocycles. The van der Waals surface area contributed by atoms with Gasteiger partial charge in [0.2, 0.25) is 0 Å². The molecule has 0 unspecified atom stereocenters. The van der Waals surface area contributed by atoms with Gasteiger partial charge in [0.25, 0.3) is 0 Å². The highest BCUT2D eigenvalue weighted by molar-refractivity contribution is 5.60. The van der Waals surface area contributed by atoms with Crippen LogP contribution in [0.3, 0.4) is 0 Å². The van der Waals surface area contributed by atoms with Crippen molar-refractivity contribution in [1.29, 1.82) is 0 Å². The molecule has 0 atom stereocenters. The molecule has 0 rings (SSSR count). The van der Waals surface area contributed by atoms with Gasteiger partial charge in [-0.1, -0.05) is 38.7 Å². The molecule has 0 spiro atoms. The first-order chi connectivity index (χ1) is 5.27. The summed E-state index contributed by atoms with van der Waals surface area (Å²) in [5.74, 6) is 0.517. The molecule has 60 valence electrons. The van der Waals surface area contributed by atoms with Crippen molar-refractivity contribution in [2.24, 2.45) is 10.9 Å². The average Bonchev–Trinajstić information content (AvgIpc) is 1.96. The van der Waals surface area contributed by atoms with E-state index in [-0.39, 0.29) is 0 Å². The van der Waals surface area contributed by atoms with Gasteiger partial charge in [-0.25, -0.2) is 0 Å². The molecule has 1 nitrogen and oxygen atoms in total. The van der Waals surface area contributed by atoms with Crippen LogP contribution in [0.15, 0.2) is 42.1 Å². The topological polar surface area (TPSA) is 12.4 Å². The summed E-state index contributed by atoms with van der Waals surface area (Å²) in [6.45, 7) is 7.74. The monoisotopic (exact) mass is 149 g/mol. The van der Waals surface area contributed by atoms with Gasteiger partial charge in [-0.05, 0) is 12.0 Å². The van der Waals surface area contributed by atoms with Crippen LogP contribution >= 0.6 is 0 Å². The second-order valence-corrected chi connectivity index (χ2v) is 2.50. The van der Waals surface area contributed by atoms with Crippen LogP contribution in [0.1, 0.15) is 13.8 Å². The maximum atomic E-state index is 4.05. The molecule has 0 aromatic carbocycles. The summed E-state index contributed by atoms with van der Waals surface area (Å²) >= 11 is 0. The molecule has 0 aromatic heterocycles. The maximum Gasteiger partial charge on any atom is 0.0263 e. The predicted molar refractivity (Wildman–Crippen MR) is 51.8 cm³/mol. The van der Waals surface area contributed by atoms with Crippen molar-refractivity contribution in [2.75, 3.05) is 0 Å². The van der Waals surface area contributed by atoms with Crippen LogP contribution in [0.2, 0.25) is 0 Å². The molecule has 1 heteroatoms. The maximum absolute atomic E-state index is 4.05. The first-order valence-corrected chi connectivity index (χ1v) is 3.75. The van der Waals surface area contributed by atoms with Crippen molar-refractivity contribution in [2.45, 2.75) is 13.8 Å². The van der Waals surface area contributed by atoms with Gasteiger partial charge in [0.05, 0.1) is 0 Å². The average molecular weight is 149 g/mol. The summed E-state index contributed by atoms with van der Waals surface area (Å²) < 4.78 is 0. The van der Waals surface area contributed by atoms with Gasteiger partial charge in [-0.2, -0.15) is 0 Å². The molecule has 0 aliphatic heterocycles. The van der Waals surface area contributed by atoms with E-state index in [1.807, 2.05) is 24.4 Å². The molecular weight excluding hydrogens is 134 g/mol. The lowest BCUT2D eigenvalue weighted by molar-refractivity contribution is 0.907. The van der Waals surface area contributed by atoms with E-state index >= 15 is 0 Å². The lowest BCUT2D eigenvalue weighted by Gasteiger charge is -1.87. The Balaban J connectivity index is 3.59. The Bertz CT molecular complexity index is 173. The van der Waals surface area contributed by atoms with Gasteiger partial charge in [0, 0.05) is 12.4 Å². The van der Waals surface area contributed by atoms with Crippen LogP contribution in [0.4, 0.5) is 0 Å². The summed E-state index contributed by atoms with van der Waals surface area (Å²) in [5.41, 5.74) is 0. The smallest absolute Gasteiger partial charge is 0.0263 e. The normalized spacial score (nSPS) is 12.6. The lowest BCUT2D eigenvalue weighted by atomic mass is 10.2. The number of hydrogen-bond acceptors (Lipinski definition) is 1. The molecule has 0 N–H and O–H groups in total. The van der Waals surface area contributed by atoms with E-state index in [1.165, 1.54) is 0 Å². The summed E-state index contributed by atoms with van der Waals surface area (Å²) in [6.07, 6.45) is 11.0. The Morgan fingerprint density at radius 2 is 1.91 bits per heavy atom. The van der Waals surface area contributed by atoms with E-state index < -0.39 is 0 Å². The van der Waals surface area contributed by atoms with Crippen molar-refractivity contribution in [3.8, 4) is 0 Å². The SMILES string of the molecule is C=C\C=C/C=C\N=C\C(C)C. The Morgan fingerprint density at radius 3 is 2.45 bits per heavy atom. The van der Waals surface area contributed by atoms with Crippen LogP contribution in [-0.2, 0) is 0 Å². The highest BCUT2D eigenvalue weighted by Gasteiger charge is 1.79. The van der Waals surface area contributed by atoms with Crippen LogP contribution in [-0.4, -0.2) is 6.21 Å². The Hall–Kier alpha value is -1.11. The van der Waals surface area contributed by atoms with Crippen molar-refractivity contribution in [3.05, 3.63) is 37.1 Å². The van der Waals surface area contributed by atoms with Crippen LogP contribution in [0.5, 0.6) is 0 Å². The number of hydrogen-bond donors (Lipinski definition) is 0. The van der Waals surface area contributed by atoms with Gasteiger partial charge in [-0.15, -0.1) is 0 Å². The molecule has 0 bridgehead atoms. The molecule has 11 heavy (non-hydrogen) atoms. The number of aliphatic imine (C=N–C) groups is 1. The molecule has 0 fully saturated rings. The van der Waals surface area contributed by atoms with Crippen molar-refractivity contribution in [3.63, 3.8) is 0 Å². The molecule has 0 radical (unpaired) electrons. The minimum absolute atomic E-state index is 0.517. The van der Waals surface area contributed by atoms with E-state index in [2.05, 4.69) is 25.4 Å². The second kappa shape index (κ2) is 7.00. The number of rotatable bonds is 4. The van der Waals surface area contributed by atoms with Gasteiger partial charge in [0.15, 0.2) is 0 Å². The molecule has 0 amide bonds. The minimum Gasteiger partial charge on any atom is -0.269 e. The first-order valence-electron chi connectivity index (χ1n) is 3.75. The summed E-state index contributed by atoms with van der Waals surface area (Å²) in [4.78, 5) is 4.05. The quantitative estimate of drug-likeness (QED) is 0.430. The number of allylic oxidation sites excluding steroid dienone is 4. The zero-order valence-electron chi connectivity index (χ0n) is 7.20. The van der Waals surface area contributed by atoms with Gasteiger partial charge in [-0.3, -0.25) is 4.99 Å². The summed E-state index contributed by atoms with van der Waals surface area (Å²) in [6, 6.07) is 0. The molecule has 0 saturated heterocycles. The molecule has 0 saturated carbocycles. The summed E-state index contributed by atoms with van der Waals surface area (Å²) in [5, 5.41) is 0. The van der Waals surface area contributed by atoms with Crippen LogP contribution in [0, 0.1) is 5.92 Å². The second-order valence-electron chi connectivity index (χ2n) is 2.50. The Kier molecular flexibility index (Phi) is 6.30. The third-order valence-electron chi connectivity index (χ3n) is 0.915. The van der Waals surface area contributed by atoms with Crippen molar-refractivity contribution >= 4 is 6.21 Å². The third-order valence-corrected chi connectivity index (χ3v) is 0.915. The molecule has 0 aromatic rings. The summed E-state index contributed by atoms with van der Waals surface area (Å²) in [7, 11) is 0. The lowest BCUT2D eigenvalue weighted by Crippen LogP contribution is -1.84. The highest BCUT2D eigenvalue weighted by Crippen LogP contribution is 1.86. The van der Waals surface area contributed by atoms with E-state index in [0.717, 1.165) is 0 Å². The highest BCUT2D eigenvalue weighted by atomic mass is 14.7. The van der Waals surface area contributed by atoms with Gasteiger partial charge in [0.1, 0.15) is 0 Å². The number of nitrogens with zero attached hydrogens (tertiary/aromatic N) is 1. The van der Waals surface area contributed by atoms with Gasteiger partial charge < -0.3 is 0 Å². The zero-order valence-corrected chi connectivity index (χ0v) is 7.20. The molecular formula is C10H15N. The standard InChI is InChI=1S/C10H15N/c1-4-5-6-7-8-11-9-10(2)3/h4-10H,1H2,2-3H3/b6-5-,8-7-,11-9+. The van der Waals surface area contributed by atoms with E-state index in [4.69, 9.17) is 0 Å². The van der Waals surface area contributed by atoms with Crippen molar-refractivity contribution < 1.29 is 0 Å². The zero-order chi connectivity index (χ0) is 8.53.